The lowest BCUT2D eigenvalue weighted by atomic mass is 10.2. The van der Waals surface area contributed by atoms with Crippen LogP contribution in [0.3, 0.4) is 0 Å². The van der Waals surface area contributed by atoms with Gasteiger partial charge in [-0.3, -0.25) is 4.90 Å². The summed E-state index contributed by atoms with van der Waals surface area (Å²) in [7, 11) is 0. The fourth-order valence-corrected chi connectivity index (χ4v) is 3.45. The van der Waals surface area contributed by atoms with E-state index in [4.69, 9.17) is 0 Å². The molecule has 1 heterocycles. The number of carbonyl (C=O) groups excluding carboxylic acids is 1. The number of rotatable bonds is 5. The van der Waals surface area contributed by atoms with E-state index in [9.17, 15) is 4.79 Å². The number of carbonyl (C=O) groups is 1. The van der Waals surface area contributed by atoms with Gasteiger partial charge in [-0.2, -0.15) is 0 Å². The number of nitrogens with zero attached hydrogens (tertiary/aromatic N) is 1. The molecule has 2 aromatic carbocycles. The van der Waals surface area contributed by atoms with Crippen LogP contribution >= 0.6 is 15.9 Å². The Morgan fingerprint density at radius 3 is 2.71 bits per heavy atom. The first kappa shape index (κ1) is 17.0. The van der Waals surface area contributed by atoms with Crippen molar-refractivity contribution in [2.24, 2.45) is 0 Å². The van der Waals surface area contributed by atoms with Crippen molar-refractivity contribution in [2.75, 3.05) is 13.1 Å². The molecule has 0 bridgehead atoms. The number of halogens is 1. The van der Waals surface area contributed by atoms with Gasteiger partial charge >= 0.3 is 6.03 Å². The van der Waals surface area contributed by atoms with E-state index < -0.39 is 0 Å². The van der Waals surface area contributed by atoms with Crippen molar-refractivity contribution < 1.29 is 4.79 Å². The fourth-order valence-electron chi connectivity index (χ4n) is 3.00. The molecule has 1 fully saturated rings. The van der Waals surface area contributed by atoms with Gasteiger partial charge in [-0.1, -0.05) is 58.4 Å². The molecule has 0 saturated carbocycles. The summed E-state index contributed by atoms with van der Waals surface area (Å²) < 4.78 is 1.02. The molecule has 126 valence electrons. The molecule has 0 aromatic heterocycles. The molecule has 24 heavy (non-hydrogen) atoms. The third-order valence-corrected chi connectivity index (χ3v) is 4.69. The van der Waals surface area contributed by atoms with E-state index in [0.717, 1.165) is 36.1 Å². The number of amides is 2. The van der Waals surface area contributed by atoms with Crippen molar-refractivity contribution >= 4 is 22.0 Å². The molecule has 1 aliphatic rings. The van der Waals surface area contributed by atoms with E-state index >= 15 is 0 Å². The Balaban J connectivity index is 1.41. The molecule has 2 N–H and O–H groups in total. The first-order valence-electron chi connectivity index (χ1n) is 8.24. The van der Waals surface area contributed by atoms with Gasteiger partial charge in [0.1, 0.15) is 0 Å². The monoisotopic (exact) mass is 387 g/mol. The van der Waals surface area contributed by atoms with Gasteiger partial charge < -0.3 is 10.6 Å². The fraction of sp³-hybridized carbons (Fsp3) is 0.316. The topological polar surface area (TPSA) is 44.4 Å². The molecule has 1 unspecified atom stereocenters. The second kappa shape index (κ2) is 8.31. The van der Waals surface area contributed by atoms with Crippen LogP contribution in [0.1, 0.15) is 17.5 Å². The molecule has 1 aliphatic heterocycles. The number of hydrogen-bond acceptors (Lipinski definition) is 2. The standard InChI is InChI=1S/C19H22BrN3O/c20-17-8-4-7-16(11-17)12-21-19(24)22-18-9-10-23(14-18)13-15-5-2-1-3-6-15/h1-8,11,18H,9-10,12-14H2,(H2,21,22,24). The Bertz CT molecular complexity index is 677. The second-order valence-electron chi connectivity index (χ2n) is 6.16. The SMILES string of the molecule is O=C(NCc1cccc(Br)c1)NC1CCN(Cc2ccccc2)C1. The summed E-state index contributed by atoms with van der Waals surface area (Å²) in [5, 5.41) is 6.00. The quantitative estimate of drug-likeness (QED) is 0.823. The minimum absolute atomic E-state index is 0.0958. The Morgan fingerprint density at radius 1 is 1.12 bits per heavy atom. The predicted molar refractivity (Wildman–Crippen MR) is 99.6 cm³/mol. The van der Waals surface area contributed by atoms with E-state index in [-0.39, 0.29) is 12.1 Å². The minimum Gasteiger partial charge on any atom is -0.334 e. The van der Waals surface area contributed by atoms with Gasteiger partial charge in [0.2, 0.25) is 0 Å². The highest BCUT2D eigenvalue weighted by atomic mass is 79.9. The van der Waals surface area contributed by atoms with Gasteiger partial charge in [0.05, 0.1) is 0 Å². The summed E-state index contributed by atoms with van der Waals surface area (Å²) in [6, 6.07) is 18.5. The van der Waals surface area contributed by atoms with Crippen LogP contribution in [-0.4, -0.2) is 30.1 Å². The minimum atomic E-state index is -0.0958. The molecule has 0 spiro atoms. The zero-order chi connectivity index (χ0) is 16.8. The summed E-state index contributed by atoms with van der Waals surface area (Å²) >= 11 is 3.44. The average molecular weight is 388 g/mol. The summed E-state index contributed by atoms with van der Waals surface area (Å²) in [4.78, 5) is 14.5. The molecule has 2 amide bonds. The van der Waals surface area contributed by atoms with Crippen LogP contribution in [0.25, 0.3) is 0 Å². The smallest absolute Gasteiger partial charge is 0.315 e. The average Bonchev–Trinajstić information content (AvgIpc) is 3.01. The van der Waals surface area contributed by atoms with Crippen LogP contribution in [0.5, 0.6) is 0 Å². The predicted octanol–water partition coefficient (Wildman–Crippen LogP) is 3.52. The Morgan fingerprint density at radius 2 is 1.92 bits per heavy atom. The normalized spacial score (nSPS) is 17.6. The number of nitrogens with one attached hydrogen (secondary N) is 2. The highest BCUT2D eigenvalue weighted by Gasteiger charge is 2.23. The zero-order valence-corrected chi connectivity index (χ0v) is 15.1. The van der Waals surface area contributed by atoms with E-state index in [0.29, 0.717) is 6.54 Å². The maximum atomic E-state index is 12.1. The van der Waals surface area contributed by atoms with Crippen LogP contribution in [0.2, 0.25) is 0 Å². The van der Waals surface area contributed by atoms with Gasteiger partial charge in [-0.15, -0.1) is 0 Å². The van der Waals surface area contributed by atoms with Crippen molar-refractivity contribution in [1.82, 2.24) is 15.5 Å². The van der Waals surface area contributed by atoms with Gasteiger partial charge in [0, 0.05) is 36.7 Å². The third-order valence-electron chi connectivity index (χ3n) is 4.20. The van der Waals surface area contributed by atoms with Crippen LogP contribution in [0, 0.1) is 0 Å². The molecule has 5 heteroatoms. The van der Waals surface area contributed by atoms with Crippen LogP contribution in [-0.2, 0) is 13.1 Å². The second-order valence-corrected chi connectivity index (χ2v) is 7.08. The lowest BCUT2D eigenvalue weighted by Crippen LogP contribution is -2.43. The van der Waals surface area contributed by atoms with Crippen LogP contribution in [0.4, 0.5) is 4.79 Å². The summed E-state index contributed by atoms with van der Waals surface area (Å²) in [5.74, 6) is 0. The molecule has 2 aromatic rings. The first-order valence-corrected chi connectivity index (χ1v) is 9.03. The van der Waals surface area contributed by atoms with Gasteiger partial charge in [-0.05, 0) is 29.7 Å². The highest BCUT2D eigenvalue weighted by Crippen LogP contribution is 2.14. The Kier molecular flexibility index (Phi) is 5.88. The summed E-state index contributed by atoms with van der Waals surface area (Å²) in [5.41, 5.74) is 2.40. The molecule has 1 saturated heterocycles. The molecular weight excluding hydrogens is 366 g/mol. The largest absolute Gasteiger partial charge is 0.334 e. The molecular formula is C19H22BrN3O. The molecule has 0 radical (unpaired) electrons. The van der Waals surface area contributed by atoms with Crippen LogP contribution in [0.15, 0.2) is 59.1 Å². The van der Waals surface area contributed by atoms with E-state index in [1.54, 1.807) is 0 Å². The van der Waals surface area contributed by atoms with Crippen molar-refractivity contribution in [2.45, 2.75) is 25.6 Å². The maximum absolute atomic E-state index is 12.1. The van der Waals surface area contributed by atoms with E-state index in [1.165, 1.54) is 5.56 Å². The van der Waals surface area contributed by atoms with Gasteiger partial charge in [0.15, 0.2) is 0 Å². The van der Waals surface area contributed by atoms with Crippen LogP contribution < -0.4 is 10.6 Å². The number of hydrogen-bond donors (Lipinski definition) is 2. The lowest BCUT2D eigenvalue weighted by molar-refractivity contribution is 0.235. The molecule has 4 nitrogen and oxygen atoms in total. The lowest BCUT2D eigenvalue weighted by Gasteiger charge is -2.17. The summed E-state index contributed by atoms with van der Waals surface area (Å²) in [6.07, 6.45) is 0.997. The Labute approximate surface area is 151 Å². The van der Waals surface area contributed by atoms with Gasteiger partial charge in [0.25, 0.3) is 0 Å². The van der Waals surface area contributed by atoms with Gasteiger partial charge in [-0.25, -0.2) is 4.79 Å². The highest BCUT2D eigenvalue weighted by molar-refractivity contribution is 9.10. The van der Waals surface area contributed by atoms with Crippen molar-refractivity contribution in [3.8, 4) is 0 Å². The number of urea groups is 1. The zero-order valence-electron chi connectivity index (χ0n) is 13.5. The first-order chi connectivity index (χ1) is 11.7. The number of benzene rings is 2. The number of likely N-dealkylation sites (tertiary alicyclic amines) is 1. The van der Waals surface area contributed by atoms with Crippen molar-refractivity contribution in [3.63, 3.8) is 0 Å². The third kappa shape index (κ3) is 5.08. The molecule has 3 rings (SSSR count). The maximum Gasteiger partial charge on any atom is 0.315 e. The van der Waals surface area contributed by atoms with E-state index in [2.05, 4.69) is 55.7 Å². The molecule has 0 aliphatic carbocycles. The van der Waals surface area contributed by atoms with E-state index in [1.807, 2.05) is 30.3 Å². The Hall–Kier alpha value is -1.85. The molecule has 1 atom stereocenters. The van der Waals surface area contributed by atoms with Crippen molar-refractivity contribution in [3.05, 3.63) is 70.2 Å². The summed E-state index contributed by atoms with van der Waals surface area (Å²) in [6.45, 7) is 3.40. The van der Waals surface area contributed by atoms with Crippen molar-refractivity contribution in [1.29, 1.82) is 0 Å².